The van der Waals surface area contributed by atoms with Crippen molar-refractivity contribution in [2.45, 2.75) is 19.4 Å². The van der Waals surface area contributed by atoms with E-state index in [-0.39, 0.29) is 17.8 Å². The highest BCUT2D eigenvalue weighted by Gasteiger charge is 2.25. The van der Waals surface area contributed by atoms with E-state index in [1.54, 1.807) is 36.1 Å². The minimum absolute atomic E-state index is 0.0796. The van der Waals surface area contributed by atoms with Crippen molar-refractivity contribution in [1.29, 1.82) is 5.26 Å². The zero-order chi connectivity index (χ0) is 22.9. The minimum atomic E-state index is -0.577. The minimum Gasteiger partial charge on any atom is -0.478 e. The number of anilines is 2. The lowest BCUT2D eigenvalue weighted by molar-refractivity contribution is 0.250. The van der Waals surface area contributed by atoms with Gasteiger partial charge in [0.15, 0.2) is 11.6 Å². The van der Waals surface area contributed by atoms with Gasteiger partial charge in [-0.3, -0.25) is 9.25 Å². The van der Waals surface area contributed by atoms with Crippen molar-refractivity contribution in [3.8, 4) is 17.8 Å². The van der Waals surface area contributed by atoms with E-state index in [1.807, 2.05) is 16.9 Å². The van der Waals surface area contributed by atoms with Gasteiger partial charge in [0.1, 0.15) is 5.69 Å². The fraction of sp³-hybridized carbons (Fsp3) is 0.304. The number of nitrogens with one attached hydrogen (secondary N) is 2. The van der Waals surface area contributed by atoms with E-state index < -0.39 is 5.82 Å². The number of fused-ring (bicyclic) bond motifs is 1. The fourth-order valence-electron chi connectivity index (χ4n) is 4.33. The van der Waals surface area contributed by atoms with Gasteiger partial charge in [0.25, 0.3) is 5.88 Å². The first-order valence-electron chi connectivity index (χ1n) is 10.7. The van der Waals surface area contributed by atoms with Crippen LogP contribution in [-0.2, 0) is 0 Å². The SMILES string of the molecule is COc1nn(C2CCNCC2C)cc1Nc1ncc(F)c(-n2ccc3c(C#N)cccc32)n1. The van der Waals surface area contributed by atoms with Crippen molar-refractivity contribution in [1.82, 2.24) is 29.6 Å². The van der Waals surface area contributed by atoms with Crippen LogP contribution >= 0.6 is 0 Å². The molecule has 10 heteroatoms. The van der Waals surface area contributed by atoms with Gasteiger partial charge in [-0.15, -0.1) is 5.10 Å². The largest absolute Gasteiger partial charge is 0.478 e. The molecular weight excluding hydrogens is 423 g/mol. The van der Waals surface area contributed by atoms with Crippen LogP contribution in [0.25, 0.3) is 16.7 Å². The molecule has 2 N–H and O–H groups in total. The first-order valence-corrected chi connectivity index (χ1v) is 10.7. The lowest BCUT2D eigenvalue weighted by Gasteiger charge is -2.29. The number of ether oxygens (including phenoxy) is 1. The summed E-state index contributed by atoms with van der Waals surface area (Å²) in [4.78, 5) is 8.51. The quantitative estimate of drug-likeness (QED) is 0.483. The Labute approximate surface area is 189 Å². The Morgan fingerprint density at radius 3 is 3.00 bits per heavy atom. The number of halogens is 1. The monoisotopic (exact) mass is 446 g/mol. The number of methoxy groups -OCH3 is 1. The molecule has 1 aliphatic heterocycles. The van der Waals surface area contributed by atoms with Gasteiger partial charge >= 0.3 is 0 Å². The maximum atomic E-state index is 14.7. The molecule has 1 aliphatic rings. The number of piperidine rings is 1. The third-order valence-corrected chi connectivity index (χ3v) is 6.02. The van der Waals surface area contributed by atoms with Crippen molar-refractivity contribution in [3.05, 3.63) is 54.2 Å². The topological polar surface area (TPSA) is 106 Å². The Kier molecular flexibility index (Phi) is 5.40. The number of nitriles is 1. The number of aromatic nitrogens is 5. The second-order valence-corrected chi connectivity index (χ2v) is 8.10. The van der Waals surface area contributed by atoms with E-state index in [2.05, 4.69) is 38.7 Å². The molecule has 33 heavy (non-hydrogen) atoms. The van der Waals surface area contributed by atoms with E-state index in [0.29, 0.717) is 28.6 Å². The van der Waals surface area contributed by atoms with E-state index in [1.165, 1.54) is 0 Å². The highest BCUT2D eigenvalue weighted by Crippen LogP contribution is 2.31. The van der Waals surface area contributed by atoms with Crippen molar-refractivity contribution in [2.75, 3.05) is 25.5 Å². The molecule has 1 saturated heterocycles. The standard InChI is InChI=1S/C23H23FN8O/c1-14-11-26-8-6-19(14)32-13-18(22(30-32)33-2)28-23-27-12-17(24)21(29-23)31-9-7-16-15(10-25)4-3-5-20(16)31/h3-5,7,9,12-14,19,26H,6,8,11H2,1-2H3,(H,27,28,29). The maximum absolute atomic E-state index is 14.7. The second-order valence-electron chi connectivity index (χ2n) is 8.10. The number of benzene rings is 1. The third kappa shape index (κ3) is 3.76. The molecule has 0 saturated carbocycles. The van der Waals surface area contributed by atoms with Crippen LogP contribution < -0.4 is 15.4 Å². The van der Waals surface area contributed by atoms with E-state index in [9.17, 15) is 9.65 Å². The molecule has 0 spiro atoms. The maximum Gasteiger partial charge on any atom is 0.256 e. The molecule has 0 bridgehead atoms. The third-order valence-electron chi connectivity index (χ3n) is 6.02. The van der Waals surface area contributed by atoms with Gasteiger partial charge in [-0.05, 0) is 43.6 Å². The summed E-state index contributed by atoms with van der Waals surface area (Å²) in [6, 6.07) is 9.49. The van der Waals surface area contributed by atoms with E-state index in [4.69, 9.17) is 4.74 Å². The van der Waals surface area contributed by atoms with E-state index >= 15 is 0 Å². The van der Waals surface area contributed by atoms with Crippen LogP contribution in [0.3, 0.4) is 0 Å². The van der Waals surface area contributed by atoms with Gasteiger partial charge in [0, 0.05) is 11.6 Å². The van der Waals surface area contributed by atoms with Crippen molar-refractivity contribution in [3.63, 3.8) is 0 Å². The van der Waals surface area contributed by atoms with Gasteiger partial charge in [-0.25, -0.2) is 9.37 Å². The Morgan fingerprint density at radius 2 is 2.21 bits per heavy atom. The molecular formula is C23H23FN8O. The molecule has 2 atom stereocenters. The summed E-state index contributed by atoms with van der Waals surface area (Å²) >= 11 is 0. The molecule has 3 aromatic heterocycles. The number of nitrogens with zero attached hydrogens (tertiary/aromatic N) is 6. The highest BCUT2D eigenvalue weighted by molar-refractivity contribution is 5.87. The van der Waals surface area contributed by atoms with E-state index in [0.717, 1.165) is 31.1 Å². The van der Waals surface area contributed by atoms with Gasteiger partial charge < -0.3 is 15.4 Å². The fourth-order valence-corrected chi connectivity index (χ4v) is 4.33. The molecule has 2 unspecified atom stereocenters. The van der Waals surface area contributed by atoms with Crippen molar-refractivity contribution >= 4 is 22.5 Å². The van der Waals surface area contributed by atoms with Gasteiger partial charge in [-0.1, -0.05) is 13.0 Å². The predicted molar refractivity (Wildman–Crippen MR) is 121 cm³/mol. The highest BCUT2D eigenvalue weighted by atomic mass is 19.1. The van der Waals surface area contributed by atoms with Crippen molar-refractivity contribution in [2.24, 2.45) is 5.92 Å². The first kappa shape index (κ1) is 20.9. The number of hydrogen-bond acceptors (Lipinski definition) is 7. The smallest absolute Gasteiger partial charge is 0.256 e. The average molecular weight is 446 g/mol. The first-order chi connectivity index (χ1) is 16.1. The summed E-state index contributed by atoms with van der Waals surface area (Å²) < 4.78 is 23.7. The molecule has 9 nitrogen and oxygen atoms in total. The average Bonchev–Trinajstić information content (AvgIpc) is 3.44. The van der Waals surface area contributed by atoms with Crippen molar-refractivity contribution < 1.29 is 9.13 Å². The molecule has 0 radical (unpaired) electrons. The number of rotatable bonds is 5. The van der Waals surface area contributed by atoms with Gasteiger partial charge in [0.2, 0.25) is 5.95 Å². The molecule has 4 heterocycles. The predicted octanol–water partition coefficient (Wildman–Crippen LogP) is 3.55. The van der Waals surface area contributed by atoms with Gasteiger partial charge in [-0.2, -0.15) is 10.2 Å². The summed E-state index contributed by atoms with van der Waals surface area (Å²) in [5, 5.41) is 21.2. The Hall–Kier alpha value is -3.97. The molecule has 1 aromatic carbocycles. The lowest BCUT2D eigenvalue weighted by Crippen LogP contribution is -2.36. The zero-order valence-corrected chi connectivity index (χ0v) is 18.3. The Balaban J connectivity index is 1.49. The summed E-state index contributed by atoms with van der Waals surface area (Å²) in [6.07, 6.45) is 5.66. The van der Waals surface area contributed by atoms with Crippen LogP contribution in [0.4, 0.5) is 16.0 Å². The zero-order valence-electron chi connectivity index (χ0n) is 18.3. The Bertz CT molecular complexity index is 1350. The lowest BCUT2D eigenvalue weighted by atomic mass is 9.96. The van der Waals surface area contributed by atoms with Crippen LogP contribution in [0.15, 0.2) is 42.9 Å². The Morgan fingerprint density at radius 1 is 1.33 bits per heavy atom. The molecule has 4 aromatic rings. The molecule has 168 valence electrons. The normalized spacial score (nSPS) is 18.2. The number of hydrogen-bond donors (Lipinski definition) is 2. The summed E-state index contributed by atoms with van der Waals surface area (Å²) in [5.74, 6) is 0.550. The van der Waals surface area contributed by atoms with Crippen LogP contribution in [0, 0.1) is 23.1 Å². The molecule has 0 amide bonds. The van der Waals surface area contributed by atoms with Gasteiger partial charge in [0.05, 0.1) is 42.7 Å². The molecule has 1 fully saturated rings. The summed E-state index contributed by atoms with van der Waals surface area (Å²) in [5.41, 5.74) is 1.80. The van der Waals surface area contributed by atoms with Crippen LogP contribution in [-0.4, -0.2) is 44.5 Å². The molecule has 5 rings (SSSR count). The second kappa shape index (κ2) is 8.52. The van der Waals surface area contributed by atoms with Crippen LogP contribution in [0.1, 0.15) is 24.9 Å². The summed E-state index contributed by atoms with van der Waals surface area (Å²) in [7, 11) is 1.55. The van der Waals surface area contributed by atoms with Crippen LogP contribution in [0.5, 0.6) is 5.88 Å². The summed E-state index contributed by atoms with van der Waals surface area (Å²) in [6.45, 7) is 4.05. The van der Waals surface area contributed by atoms with Crippen LogP contribution in [0.2, 0.25) is 0 Å². The molecule has 0 aliphatic carbocycles.